The molecule has 2 heterocycles. The number of ether oxygens (including phenoxy) is 1. The van der Waals surface area contributed by atoms with Gasteiger partial charge in [0.25, 0.3) is 0 Å². The molecular formula is C9H14BNO2. The van der Waals surface area contributed by atoms with Crippen molar-refractivity contribution in [1.82, 2.24) is 4.90 Å². The van der Waals surface area contributed by atoms with Gasteiger partial charge in [0.05, 0.1) is 26.0 Å². The molecule has 0 aliphatic carbocycles. The standard InChI is InChI=1S/C9H14BNO2/c10-8-1-4-13-9(8)7-11-2-5-12-6-3-11/h1,4H,2-3,5-7,10H2. The molecule has 0 spiro atoms. The average molecular weight is 179 g/mol. The third-order valence-corrected chi connectivity index (χ3v) is 2.44. The Morgan fingerprint density at radius 1 is 1.38 bits per heavy atom. The SMILES string of the molecule is Bc1ccoc1CN1CCOCC1. The zero-order valence-corrected chi connectivity index (χ0v) is 7.95. The van der Waals surface area contributed by atoms with Gasteiger partial charge in [-0.25, -0.2) is 0 Å². The molecule has 1 aliphatic heterocycles. The minimum absolute atomic E-state index is 0.847. The van der Waals surface area contributed by atoms with Gasteiger partial charge in [-0.15, -0.1) is 0 Å². The lowest BCUT2D eigenvalue weighted by atomic mass is 9.97. The van der Waals surface area contributed by atoms with Crippen molar-refractivity contribution >= 4 is 13.3 Å². The Labute approximate surface area is 79.1 Å². The van der Waals surface area contributed by atoms with Crippen molar-refractivity contribution in [2.24, 2.45) is 0 Å². The summed E-state index contributed by atoms with van der Waals surface area (Å²) in [4.78, 5) is 2.36. The van der Waals surface area contributed by atoms with Gasteiger partial charge in [0.15, 0.2) is 0 Å². The fourth-order valence-electron chi connectivity index (χ4n) is 1.53. The van der Waals surface area contributed by atoms with E-state index in [0.717, 1.165) is 38.6 Å². The van der Waals surface area contributed by atoms with Crippen LogP contribution in [0.5, 0.6) is 0 Å². The summed E-state index contributed by atoms with van der Waals surface area (Å²) in [6, 6.07) is 2.01. The van der Waals surface area contributed by atoms with Gasteiger partial charge in [0, 0.05) is 13.1 Å². The predicted molar refractivity (Wildman–Crippen MR) is 53.0 cm³/mol. The van der Waals surface area contributed by atoms with Crippen molar-refractivity contribution in [3.63, 3.8) is 0 Å². The summed E-state index contributed by atoms with van der Waals surface area (Å²) < 4.78 is 10.7. The summed E-state index contributed by atoms with van der Waals surface area (Å²) in [5.41, 5.74) is 1.24. The van der Waals surface area contributed by atoms with E-state index < -0.39 is 0 Å². The van der Waals surface area contributed by atoms with Crippen LogP contribution in [0, 0.1) is 0 Å². The summed E-state index contributed by atoms with van der Waals surface area (Å²) in [6.45, 7) is 4.64. The molecule has 1 fully saturated rings. The van der Waals surface area contributed by atoms with Crippen molar-refractivity contribution in [2.45, 2.75) is 6.54 Å². The van der Waals surface area contributed by atoms with Crippen LogP contribution in [0.15, 0.2) is 16.7 Å². The number of furan rings is 1. The first-order valence-electron chi connectivity index (χ1n) is 4.69. The van der Waals surface area contributed by atoms with E-state index in [0.29, 0.717) is 0 Å². The smallest absolute Gasteiger partial charge is 0.143 e. The number of rotatable bonds is 2. The molecule has 0 bridgehead atoms. The molecule has 2 rings (SSSR count). The second-order valence-electron chi connectivity index (χ2n) is 3.42. The molecule has 4 heteroatoms. The number of morpholine rings is 1. The van der Waals surface area contributed by atoms with Gasteiger partial charge in [0.1, 0.15) is 13.6 Å². The molecular weight excluding hydrogens is 165 g/mol. The van der Waals surface area contributed by atoms with Gasteiger partial charge in [-0.1, -0.05) is 0 Å². The topological polar surface area (TPSA) is 25.6 Å². The molecule has 13 heavy (non-hydrogen) atoms. The molecule has 0 amide bonds. The Morgan fingerprint density at radius 3 is 2.77 bits per heavy atom. The van der Waals surface area contributed by atoms with Crippen LogP contribution in [-0.4, -0.2) is 39.0 Å². The van der Waals surface area contributed by atoms with Crippen LogP contribution < -0.4 is 5.46 Å². The maximum atomic E-state index is 5.38. The number of hydrogen-bond donors (Lipinski definition) is 0. The first-order valence-corrected chi connectivity index (χ1v) is 4.69. The van der Waals surface area contributed by atoms with E-state index in [9.17, 15) is 0 Å². The monoisotopic (exact) mass is 179 g/mol. The maximum absolute atomic E-state index is 5.38. The number of hydrogen-bond acceptors (Lipinski definition) is 3. The van der Waals surface area contributed by atoms with Crippen molar-refractivity contribution in [3.8, 4) is 0 Å². The lowest BCUT2D eigenvalue weighted by Gasteiger charge is -2.25. The highest BCUT2D eigenvalue weighted by atomic mass is 16.5. The van der Waals surface area contributed by atoms with Gasteiger partial charge >= 0.3 is 0 Å². The third kappa shape index (κ3) is 2.14. The quantitative estimate of drug-likeness (QED) is 0.565. The second kappa shape index (κ2) is 3.98. The minimum atomic E-state index is 0.847. The molecule has 0 N–H and O–H groups in total. The Kier molecular flexibility index (Phi) is 2.71. The summed E-state index contributed by atoms with van der Waals surface area (Å²) in [5.74, 6) is 1.09. The second-order valence-corrected chi connectivity index (χ2v) is 3.42. The number of nitrogens with zero attached hydrogens (tertiary/aromatic N) is 1. The predicted octanol–water partition coefficient (Wildman–Crippen LogP) is -0.630. The molecule has 3 nitrogen and oxygen atoms in total. The van der Waals surface area contributed by atoms with E-state index in [-0.39, 0.29) is 0 Å². The van der Waals surface area contributed by atoms with Crippen LogP contribution in [0.3, 0.4) is 0 Å². The van der Waals surface area contributed by atoms with Crippen LogP contribution in [-0.2, 0) is 11.3 Å². The van der Waals surface area contributed by atoms with Crippen LogP contribution >= 0.6 is 0 Å². The molecule has 1 aromatic heterocycles. The van der Waals surface area contributed by atoms with E-state index >= 15 is 0 Å². The maximum Gasteiger partial charge on any atom is 0.143 e. The van der Waals surface area contributed by atoms with Crippen LogP contribution in [0.25, 0.3) is 0 Å². The van der Waals surface area contributed by atoms with Crippen LogP contribution in [0.4, 0.5) is 0 Å². The lowest BCUT2D eigenvalue weighted by molar-refractivity contribution is 0.0315. The lowest BCUT2D eigenvalue weighted by Crippen LogP contribution is -2.36. The Morgan fingerprint density at radius 2 is 2.15 bits per heavy atom. The molecule has 1 aliphatic rings. The van der Waals surface area contributed by atoms with Crippen molar-refractivity contribution in [2.75, 3.05) is 26.3 Å². The summed E-state index contributed by atoms with van der Waals surface area (Å²) in [6.07, 6.45) is 1.76. The van der Waals surface area contributed by atoms with Crippen molar-refractivity contribution < 1.29 is 9.15 Å². The Balaban J connectivity index is 1.93. The molecule has 0 aromatic carbocycles. The van der Waals surface area contributed by atoms with Crippen molar-refractivity contribution in [1.29, 1.82) is 0 Å². The summed E-state index contributed by atoms with van der Waals surface area (Å²) >= 11 is 0. The van der Waals surface area contributed by atoms with Gasteiger partial charge in [-0.05, 0) is 11.5 Å². The largest absolute Gasteiger partial charge is 0.469 e. The van der Waals surface area contributed by atoms with Gasteiger partial charge in [0.2, 0.25) is 0 Å². The van der Waals surface area contributed by atoms with E-state index in [4.69, 9.17) is 9.15 Å². The third-order valence-electron chi connectivity index (χ3n) is 2.44. The minimum Gasteiger partial charge on any atom is -0.469 e. The normalized spacial score (nSPS) is 19.1. The zero-order chi connectivity index (χ0) is 9.10. The highest BCUT2D eigenvalue weighted by Gasteiger charge is 2.12. The fraction of sp³-hybridized carbons (Fsp3) is 0.556. The highest BCUT2D eigenvalue weighted by Crippen LogP contribution is 2.04. The van der Waals surface area contributed by atoms with Gasteiger partial charge in [-0.2, -0.15) is 0 Å². The fourth-order valence-corrected chi connectivity index (χ4v) is 1.53. The highest BCUT2D eigenvalue weighted by molar-refractivity contribution is 6.32. The first-order chi connectivity index (χ1) is 6.36. The molecule has 1 saturated heterocycles. The summed E-state index contributed by atoms with van der Waals surface area (Å²) in [5, 5.41) is 0. The molecule has 0 unspecified atom stereocenters. The molecule has 0 atom stereocenters. The van der Waals surface area contributed by atoms with Crippen LogP contribution in [0.2, 0.25) is 0 Å². The molecule has 0 saturated carbocycles. The van der Waals surface area contributed by atoms with Gasteiger partial charge < -0.3 is 9.15 Å². The zero-order valence-electron chi connectivity index (χ0n) is 7.95. The first kappa shape index (κ1) is 8.85. The summed E-state index contributed by atoms with van der Waals surface area (Å²) in [7, 11) is 2.08. The van der Waals surface area contributed by atoms with E-state index in [1.165, 1.54) is 5.46 Å². The average Bonchev–Trinajstić information content (AvgIpc) is 2.54. The van der Waals surface area contributed by atoms with E-state index in [2.05, 4.69) is 12.7 Å². The van der Waals surface area contributed by atoms with Gasteiger partial charge in [-0.3, -0.25) is 4.90 Å². The molecule has 70 valence electrons. The molecule has 1 aromatic rings. The van der Waals surface area contributed by atoms with E-state index in [1.54, 1.807) is 6.26 Å². The Bertz CT molecular complexity index is 268. The van der Waals surface area contributed by atoms with Crippen LogP contribution in [0.1, 0.15) is 5.76 Å². The van der Waals surface area contributed by atoms with E-state index in [1.807, 2.05) is 6.07 Å². The molecule has 0 radical (unpaired) electrons. The Hall–Kier alpha value is -0.735. The van der Waals surface area contributed by atoms with Crippen molar-refractivity contribution in [3.05, 3.63) is 18.1 Å².